The normalized spacial score (nSPS) is 29.8. The van der Waals surface area contributed by atoms with E-state index in [-0.39, 0.29) is 0 Å². The molecule has 0 aromatic heterocycles. The van der Waals surface area contributed by atoms with Gasteiger partial charge in [-0.25, -0.2) is 0 Å². The summed E-state index contributed by atoms with van der Waals surface area (Å²) >= 11 is 0. The van der Waals surface area contributed by atoms with Crippen LogP contribution in [0.5, 0.6) is 0 Å². The van der Waals surface area contributed by atoms with Crippen LogP contribution in [0.25, 0.3) is 0 Å². The van der Waals surface area contributed by atoms with Crippen LogP contribution in [0, 0.1) is 5.41 Å². The Morgan fingerprint density at radius 1 is 1.06 bits per heavy atom. The van der Waals surface area contributed by atoms with Crippen molar-refractivity contribution < 1.29 is 5.11 Å². The summed E-state index contributed by atoms with van der Waals surface area (Å²) in [5.74, 6) is 0. The Labute approximate surface area is 112 Å². The summed E-state index contributed by atoms with van der Waals surface area (Å²) in [7, 11) is 0. The summed E-state index contributed by atoms with van der Waals surface area (Å²) in [5, 5.41) is 12.4. The average molecular weight is 254 g/mol. The van der Waals surface area contributed by atoms with Gasteiger partial charge in [-0.3, -0.25) is 0 Å². The molecule has 2 N–H and O–H groups in total. The van der Waals surface area contributed by atoms with Crippen LogP contribution in [0.15, 0.2) is 0 Å². The number of nitrogens with one attached hydrogen (secondary N) is 1. The lowest BCUT2D eigenvalue weighted by atomic mass is 9.74. The standard InChI is InChI=1S/C15H30N2O/c18-12-4-2-1-3-10-17-11-6-8-15(14-17)7-5-9-16-13-15/h16,18H,1-14H2. The van der Waals surface area contributed by atoms with Crippen molar-refractivity contribution in [1.82, 2.24) is 10.2 Å². The maximum Gasteiger partial charge on any atom is 0.0431 e. The molecule has 2 aliphatic heterocycles. The molecule has 2 rings (SSSR count). The summed E-state index contributed by atoms with van der Waals surface area (Å²) in [6.07, 6.45) is 10.4. The fourth-order valence-corrected chi connectivity index (χ4v) is 3.68. The van der Waals surface area contributed by atoms with Crippen LogP contribution in [0.1, 0.15) is 51.4 Å². The van der Waals surface area contributed by atoms with E-state index in [1.54, 1.807) is 0 Å². The highest BCUT2D eigenvalue weighted by atomic mass is 16.2. The Morgan fingerprint density at radius 3 is 2.67 bits per heavy atom. The highest BCUT2D eigenvalue weighted by Gasteiger charge is 2.35. The molecule has 1 atom stereocenters. The fraction of sp³-hybridized carbons (Fsp3) is 1.00. The van der Waals surface area contributed by atoms with Gasteiger partial charge in [-0.2, -0.15) is 0 Å². The lowest BCUT2D eigenvalue weighted by molar-refractivity contribution is 0.0635. The first-order chi connectivity index (χ1) is 8.85. The van der Waals surface area contributed by atoms with E-state index in [1.165, 1.54) is 77.7 Å². The number of unbranched alkanes of at least 4 members (excludes halogenated alkanes) is 3. The first kappa shape index (κ1) is 14.3. The molecule has 2 aliphatic rings. The summed E-state index contributed by atoms with van der Waals surface area (Å²) in [6.45, 7) is 6.73. The van der Waals surface area contributed by atoms with Gasteiger partial charge in [0.15, 0.2) is 0 Å². The van der Waals surface area contributed by atoms with E-state index in [9.17, 15) is 0 Å². The highest BCUT2D eigenvalue weighted by Crippen LogP contribution is 2.35. The predicted molar refractivity (Wildman–Crippen MR) is 75.8 cm³/mol. The summed E-state index contributed by atoms with van der Waals surface area (Å²) in [4.78, 5) is 2.69. The molecule has 0 radical (unpaired) electrons. The minimum absolute atomic E-state index is 0.360. The third-order valence-corrected chi connectivity index (χ3v) is 4.68. The SMILES string of the molecule is OCCCCCCN1CCCC2(CCCNC2)C1. The minimum Gasteiger partial charge on any atom is -0.396 e. The third-order valence-electron chi connectivity index (χ3n) is 4.68. The van der Waals surface area contributed by atoms with Gasteiger partial charge >= 0.3 is 0 Å². The van der Waals surface area contributed by atoms with E-state index in [0.29, 0.717) is 12.0 Å². The number of nitrogens with zero attached hydrogens (tertiary/aromatic N) is 1. The van der Waals surface area contributed by atoms with E-state index in [2.05, 4.69) is 10.2 Å². The molecular weight excluding hydrogens is 224 g/mol. The summed E-state index contributed by atoms with van der Waals surface area (Å²) in [5.41, 5.74) is 0.599. The molecule has 0 bridgehead atoms. The van der Waals surface area contributed by atoms with Gasteiger partial charge in [0.25, 0.3) is 0 Å². The molecule has 3 nitrogen and oxygen atoms in total. The number of hydrogen-bond acceptors (Lipinski definition) is 3. The molecule has 0 aromatic rings. The fourth-order valence-electron chi connectivity index (χ4n) is 3.68. The van der Waals surface area contributed by atoms with Crippen molar-refractivity contribution in [2.75, 3.05) is 39.3 Å². The number of aliphatic hydroxyl groups is 1. The molecular formula is C15H30N2O. The summed E-state index contributed by atoms with van der Waals surface area (Å²) < 4.78 is 0. The second-order valence-corrected chi connectivity index (χ2v) is 6.30. The average Bonchev–Trinajstić information content (AvgIpc) is 2.40. The topological polar surface area (TPSA) is 35.5 Å². The van der Waals surface area contributed by atoms with Gasteiger partial charge in [0, 0.05) is 19.7 Å². The Bertz CT molecular complexity index is 221. The van der Waals surface area contributed by atoms with Crippen molar-refractivity contribution in [3.8, 4) is 0 Å². The number of hydrogen-bond donors (Lipinski definition) is 2. The number of piperidine rings is 2. The van der Waals surface area contributed by atoms with E-state index >= 15 is 0 Å². The third kappa shape index (κ3) is 4.22. The minimum atomic E-state index is 0.360. The molecule has 106 valence electrons. The van der Waals surface area contributed by atoms with Crippen LogP contribution in [0.4, 0.5) is 0 Å². The monoisotopic (exact) mass is 254 g/mol. The Kier molecular flexibility index (Phi) is 5.93. The van der Waals surface area contributed by atoms with Gasteiger partial charge in [0.05, 0.1) is 0 Å². The van der Waals surface area contributed by atoms with Crippen molar-refractivity contribution in [2.24, 2.45) is 5.41 Å². The Morgan fingerprint density at radius 2 is 1.89 bits per heavy atom. The zero-order valence-corrected chi connectivity index (χ0v) is 11.8. The molecule has 2 fully saturated rings. The van der Waals surface area contributed by atoms with Gasteiger partial charge in [0.2, 0.25) is 0 Å². The van der Waals surface area contributed by atoms with Crippen molar-refractivity contribution in [3.63, 3.8) is 0 Å². The van der Waals surface area contributed by atoms with Crippen molar-refractivity contribution >= 4 is 0 Å². The Hall–Kier alpha value is -0.120. The molecule has 0 amide bonds. The quantitative estimate of drug-likeness (QED) is 0.712. The molecule has 0 aromatic carbocycles. The predicted octanol–water partition coefficient (Wildman–Crippen LogP) is 2.00. The Balaban J connectivity index is 1.66. The number of rotatable bonds is 6. The molecule has 18 heavy (non-hydrogen) atoms. The maximum absolute atomic E-state index is 8.76. The van der Waals surface area contributed by atoms with Crippen LogP contribution in [0.2, 0.25) is 0 Å². The van der Waals surface area contributed by atoms with Crippen LogP contribution in [0.3, 0.4) is 0 Å². The first-order valence-corrected chi connectivity index (χ1v) is 7.89. The molecule has 3 heteroatoms. The van der Waals surface area contributed by atoms with Crippen LogP contribution in [-0.4, -0.2) is 49.3 Å². The molecule has 1 spiro atoms. The van der Waals surface area contributed by atoms with Gasteiger partial charge in [-0.15, -0.1) is 0 Å². The molecule has 2 heterocycles. The van der Waals surface area contributed by atoms with Gasteiger partial charge in [-0.05, 0) is 63.6 Å². The van der Waals surface area contributed by atoms with Gasteiger partial charge in [0.1, 0.15) is 0 Å². The number of aliphatic hydroxyl groups excluding tert-OH is 1. The molecule has 0 aliphatic carbocycles. The van der Waals surface area contributed by atoms with E-state index in [4.69, 9.17) is 5.11 Å². The zero-order chi connectivity index (χ0) is 12.7. The van der Waals surface area contributed by atoms with Crippen molar-refractivity contribution in [2.45, 2.75) is 51.4 Å². The second kappa shape index (κ2) is 7.46. The molecule has 2 saturated heterocycles. The summed E-state index contributed by atoms with van der Waals surface area (Å²) in [6, 6.07) is 0. The van der Waals surface area contributed by atoms with Crippen molar-refractivity contribution in [1.29, 1.82) is 0 Å². The van der Waals surface area contributed by atoms with Crippen LogP contribution in [-0.2, 0) is 0 Å². The first-order valence-electron chi connectivity index (χ1n) is 7.89. The van der Waals surface area contributed by atoms with Gasteiger partial charge in [-0.1, -0.05) is 12.8 Å². The van der Waals surface area contributed by atoms with Crippen LogP contribution < -0.4 is 5.32 Å². The highest BCUT2D eigenvalue weighted by molar-refractivity contribution is 4.91. The van der Waals surface area contributed by atoms with E-state index in [0.717, 1.165) is 6.42 Å². The molecule has 0 saturated carbocycles. The lowest BCUT2D eigenvalue weighted by Gasteiger charge is -2.45. The largest absolute Gasteiger partial charge is 0.396 e. The van der Waals surface area contributed by atoms with E-state index in [1.807, 2.05) is 0 Å². The van der Waals surface area contributed by atoms with Crippen LogP contribution >= 0.6 is 0 Å². The van der Waals surface area contributed by atoms with E-state index < -0.39 is 0 Å². The van der Waals surface area contributed by atoms with Gasteiger partial charge < -0.3 is 15.3 Å². The number of likely N-dealkylation sites (tertiary alicyclic amines) is 1. The maximum atomic E-state index is 8.76. The molecule has 1 unspecified atom stereocenters. The smallest absolute Gasteiger partial charge is 0.0431 e. The second-order valence-electron chi connectivity index (χ2n) is 6.30. The zero-order valence-electron chi connectivity index (χ0n) is 11.8. The van der Waals surface area contributed by atoms with Crippen molar-refractivity contribution in [3.05, 3.63) is 0 Å². The lowest BCUT2D eigenvalue weighted by Crippen LogP contribution is -2.51.